The number of fused-ring (bicyclic) bond motifs is 2. The second kappa shape index (κ2) is 12.2. The first-order valence-electron chi connectivity index (χ1n) is 12.1. The van der Waals surface area contributed by atoms with Crippen molar-refractivity contribution in [1.29, 1.82) is 0 Å². The Labute approximate surface area is 232 Å². The average Bonchev–Trinajstić information content (AvgIpc) is 3.38. The number of piperazine rings is 1. The van der Waals surface area contributed by atoms with Crippen molar-refractivity contribution in [3.63, 3.8) is 0 Å². The molecule has 5 N–H and O–H groups in total. The zero-order valence-electron chi connectivity index (χ0n) is 21.6. The molecule has 1 fully saturated rings. The SMILES string of the molecule is CC(C)(C)NS(=O)(=O)O.O.O=C1Cc2cc(CCN3CCN(c4nsc5ccccc45)CC3)c(Cl)cc2N1. The molecule has 2 aliphatic rings. The lowest BCUT2D eigenvalue weighted by Gasteiger charge is -2.35. The van der Waals surface area contributed by atoms with Crippen molar-refractivity contribution < 1.29 is 23.2 Å². The monoisotopic (exact) mass is 583 g/mol. The van der Waals surface area contributed by atoms with Gasteiger partial charge in [-0.05, 0) is 68.1 Å². The molecule has 2 aromatic carbocycles. The van der Waals surface area contributed by atoms with E-state index in [1.54, 1.807) is 32.3 Å². The first-order chi connectivity index (χ1) is 17.4. The molecule has 5 rings (SSSR count). The minimum absolute atomic E-state index is 0. The molecule has 1 amide bonds. The summed E-state index contributed by atoms with van der Waals surface area (Å²) < 4.78 is 36.3. The van der Waals surface area contributed by atoms with Crippen LogP contribution in [0.1, 0.15) is 31.9 Å². The van der Waals surface area contributed by atoms with Crippen molar-refractivity contribution in [2.24, 2.45) is 0 Å². The van der Waals surface area contributed by atoms with Gasteiger partial charge in [-0.25, -0.2) is 0 Å². The molecule has 3 aromatic rings. The summed E-state index contributed by atoms with van der Waals surface area (Å²) in [6.45, 7) is 9.92. The molecular weight excluding hydrogens is 550 g/mol. The van der Waals surface area contributed by atoms with Crippen molar-refractivity contribution in [3.05, 3.63) is 52.5 Å². The highest BCUT2D eigenvalue weighted by Crippen LogP contribution is 2.31. The number of hydrogen-bond acceptors (Lipinski definition) is 7. The molecule has 10 nitrogen and oxygen atoms in total. The summed E-state index contributed by atoms with van der Waals surface area (Å²) in [6, 6.07) is 12.4. The molecule has 1 aromatic heterocycles. The Hall–Kier alpha value is -2.32. The number of amides is 1. The van der Waals surface area contributed by atoms with Gasteiger partial charge in [0.1, 0.15) is 5.82 Å². The fourth-order valence-corrected chi connectivity index (χ4v) is 6.27. The van der Waals surface area contributed by atoms with Gasteiger partial charge >= 0.3 is 10.3 Å². The van der Waals surface area contributed by atoms with Crippen molar-refractivity contribution >= 4 is 60.9 Å². The van der Waals surface area contributed by atoms with Crippen LogP contribution in [0.5, 0.6) is 0 Å². The standard InChI is InChI=1S/C21H21ClN4OS.C4H11NO3S.H2O/c22-17-13-18-15(12-20(27)23-18)11-14(17)5-6-25-7-9-26(10-8-25)21-16-3-1-2-4-19(16)28-24-21;1-4(2,3)5-9(6,7)8;/h1-4,11,13H,5-10,12H2,(H,23,27);5H,1-3H3,(H,6,7,8);1H2. The van der Waals surface area contributed by atoms with Crippen LogP contribution in [-0.4, -0.2) is 71.9 Å². The minimum atomic E-state index is -4.03. The van der Waals surface area contributed by atoms with Crippen LogP contribution in [0.2, 0.25) is 5.02 Å². The molecule has 13 heteroatoms. The normalized spacial score (nSPS) is 15.9. The van der Waals surface area contributed by atoms with E-state index in [9.17, 15) is 13.2 Å². The zero-order valence-corrected chi connectivity index (χ0v) is 24.0. The number of hydrogen-bond donors (Lipinski definition) is 3. The van der Waals surface area contributed by atoms with Gasteiger partial charge in [-0.1, -0.05) is 29.8 Å². The Balaban J connectivity index is 0.000000348. The van der Waals surface area contributed by atoms with E-state index >= 15 is 0 Å². The fraction of sp³-hybridized carbons (Fsp3) is 0.440. The van der Waals surface area contributed by atoms with E-state index in [0.717, 1.165) is 66.8 Å². The van der Waals surface area contributed by atoms with Gasteiger partial charge in [0, 0.05) is 54.4 Å². The lowest BCUT2D eigenvalue weighted by Crippen LogP contribution is -2.47. The summed E-state index contributed by atoms with van der Waals surface area (Å²) in [5.41, 5.74) is 2.45. The van der Waals surface area contributed by atoms with E-state index in [1.807, 2.05) is 10.8 Å². The highest BCUT2D eigenvalue weighted by Gasteiger charge is 2.22. The zero-order chi connectivity index (χ0) is 26.8. The Morgan fingerprint density at radius 1 is 1.16 bits per heavy atom. The summed E-state index contributed by atoms with van der Waals surface area (Å²) in [7, 11) is -4.03. The molecule has 2 aliphatic heterocycles. The van der Waals surface area contributed by atoms with E-state index < -0.39 is 15.8 Å². The highest BCUT2D eigenvalue weighted by molar-refractivity contribution is 7.83. The molecule has 1 saturated heterocycles. The van der Waals surface area contributed by atoms with Gasteiger partial charge in [-0.2, -0.15) is 17.5 Å². The lowest BCUT2D eigenvalue weighted by atomic mass is 10.1. The third kappa shape index (κ3) is 8.09. The van der Waals surface area contributed by atoms with Crippen molar-refractivity contribution in [3.8, 4) is 0 Å². The third-order valence-corrected chi connectivity index (χ3v) is 8.10. The van der Waals surface area contributed by atoms with E-state index in [2.05, 4.69) is 49.8 Å². The number of carbonyl (C=O) groups excluding carboxylic acids is 1. The van der Waals surface area contributed by atoms with E-state index in [0.29, 0.717) is 6.42 Å². The molecule has 0 unspecified atom stereocenters. The van der Waals surface area contributed by atoms with Crippen molar-refractivity contribution in [2.75, 3.05) is 42.9 Å². The Bertz CT molecular complexity index is 1380. The predicted octanol–water partition coefficient (Wildman–Crippen LogP) is 3.16. The molecule has 3 heterocycles. The maximum absolute atomic E-state index is 11.6. The fourth-order valence-electron chi connectivity index (χ4n) is 4.44. The highest BCUT2D eigenvalue weighted by atomic mass is 35.5. The van der Waals surface area contributed by atoms with Crippen molar-refractivity contribution in [2.45, 2.75) is 39.2 Å². The molecule has 0 saturated carbocycles. The average molecular weight is 584 g/mol. The molecular formula is C25H34ClN5O5S2. The molecule has 0 spiro atoms. The number of aromatic nitrogens is 1. The Morgan fingerprint density at radius 3 is 2.47 bits per heavy atom. The first-order valence-corrected chi connectivity index (χ1v) is 14.7. The number of carbonyl (C=O) groups is 1. The second-order valence-corrected chi connectivity index (χ2v) is 12.6. The summed E-state index contributed by atoms with van der Waals surface area (Å²) in [5.74, 6) is 1.17. The third-order valence-electron chi connectivity index (χ3n) is 6.06. The van der Waals surface area contributed by atoms with Gasteiger partial charge in [-0.15, -0.1) is 0 Å². The van der Waals surface area contributed by atoms with Crippen LogP contribution >= 0.6 is 23.1 Å². The first kappa shape index (κ1) is 30.2. The second-order valence-electron chi connectivity index (χ2n) is 10.2. The number of halogens is 1. The van der Waals surface area contributed by atoms with Gasteiger partial charge in [0.05, 0.1) is 11.1 Å². The largest absolute Gasteiger partial charge is 0.412 e. The lowest BCUT2D eigenvalue weighted by molar-refractivity contribution is -0.115. The van der Waals surface area contributed by atoms with Crippen LogP contribution < -0.4 is 14.9 Å². The van der Waals surface area contributed by atoms with Gasteiger partial charge in [-0.3, -0.25) is 14.2 Å². The summed E-state index contributed by atoms with van der Waals surface area (Å²) in [6.07, 6.45) is 1.36. The number of nitrogens with zero attached hydrogens (tertiary/aromatic N) is 3. The molecule has 0 atom stereocenters. The predicted molar refractivity (Wildman–Crippen MR) is 154 cm³/mol. The number of nitrogens with one attached hydrogen (secondary N) is 2. The Kier molecular flexibility index (Phi) is 9.74. The molecule has 208 valence electrons. The van der Waals surface area contributed by atoms with Gasteiger partial charge in [0.25, 0.3) is 0 Å². The maximum atomic E-state index is 11.6. The number of anilines is 2. The molecule has 38 heavy (non-hydrogen) atoms. The molecule has 0 bridgehead atoms. The maximum Gasteiger partial charge on any atom is 0.333 e. The smallest absolute Gasteiger partial charge is 0.333 e. The van der Waals surface area contributed by atoms with Crippen LogP contribution in [0.25, 0.3) is 10.1 Å². The summed E-state index contributed by atoms with van der Waals surface area (Å²) in [5, 5.41) is 4.86. The van der Waals surface area contributed by atoms with Crippen LogP contribution in [0.15, 0.2) is 36.4 Å². The number of rotatable bonds is 5. The van der Waals surface area contributed by atoms with Crippen LogP contribution in [0, 0.1) is 0 Å². The Morgan fingerprint density at radius 2 is 1.84 bits per heavy atom. The topological polar surface area (TPSA) is 146 Å². The van der Waals surface area contributed by atoms with Crippen LogP contribution in [-0.2, 0) is 27.9 Å². The van der Waals surface area contributed by atoms with E-state index in [4.69, 9.17) is 16.2 Å². The van der Waals surface area contributed by atoms with Gasteiger partial charge in [0.15, 0.2) is 0 Å². The molecule has 0 aliphatic carbocycles. The van der Waals surface area contributed by atoms with Gasteiger partial charge < -0.3 is 15.7 Å². The summed E-state index contributed by atoms with van der Waals surface area (Å²) >= 11 is 8.01. The minimum Gasteiger partial charge on any atom is -0.412 e. The van der Waals surface area contributed by atoms with E-state index in [-0.39, 0.29) is 11.4 Å². The molecule has 0 radical (unpaired) electrons. The van der Waals surface area contributed by atoms with Crippen LogP contribution in [0.4, 0.5) is 11.5 Å². The quantitative estimate of drug-likeness (QED) is 0.391. The van der Waals surface area contributed by atoms with Crippen molar-refractivity contribution in [1.82, 2.24) is 14.0 Å². The van der Waals surface area contributed by atoms with Gasteiger partial charge in [0.2, 0.25) is 5.91 Å². The number of benzene rings is 2. The summed E-state index contributed by atoms with van der Waals surface area (Å²) in [4.78, 5) is 16.4. The van der Waals surface area contributed by atoms with E-state index in [1.165, 1.54) is 10.1 Å². The van der Waals surface area contributed by atoms with Crippen LogP contribution in [0.3, 0.4) is 0 Å².